The van der Waals surface area contributed by atoms with E-state index in [0.29, 0.717) is 10.9 Å². The Balaban J connectivity index is 2.01. The van der Waals surface area contributed by atoms with Gasteiger partial charge in [-0.05, 0) is 55.1 Å². The van der Waals surface area contributed by atoms with Crippen LogP contribution in [0.2, 0.25) is 10.0 Å². The molecule has 1 aliphatic carbocycles. The van der Waals surface area contributed by atoms with E-state index in [1.54, 1.807) is 0 Å². The van der Waals surface area contributed by atoms with Crippen molar-refractivity contribution >= 4 is 23.2 Å². The lowest BCUT2D eigenvalue weighted by Gasteiger charge is -2.33. The third kappa shape index (κ3) is 2.96. The number of benzene rings is 2. The van der Waals surface area contributed by atoms with Crippen LogP contribution in [-0.2, 0) is 6.42 Å². The Kier molecular flexibility index (Phi) is 4.54. The number of halogens is 2. The summed E-state index contributed by atoms with van der Waals surface area (Å²) in [6, 6.07) is 14.8. The van der Waals surface area contributed by atoms with Gasteiger partial charge in [0.15, 0.2) is 0 Å². The van der Waals surface area contributed by atoms with Crippen molar-refractivity contribution in [3.05, 3.63) is 69.2 Å². The van der Waals surface area contributed by atoms with E-state index in [4.69, 9.17) is 23.2 Å². The zero-order valence-corrected chi connectivity index (χ0v) is 13.6. The summed E-state index contributed by atoms with van der Waals surface area (Å²) < 4.78 is 0. The molecule has 0 saturated carbocycles. The first-order chi connectivity index (χ1) is 10.2. The van der Waals surface area contributed by atoms with E-state index in [1.165, 1.54) is 30.4 Å². The van der Waals surface area contributed by atoms with Crippen molar-refractivity contribution in [2.45, 2.75) is 31.2 Å². The van der Waals surface area contributed by atoms with E-state index in [2.05, 4.69) is 29.6 Å². The first-order valence-corrected chi connectivity index (χ1v) is 8.16. The van der Waals surface area contributed by atoms with E-state index in [-0.39, 0.29) is 6.04 Å². The summed E-state index contributed by atoms with van der Waals surface area (Å²) in [7, 11) is 2.01. The maximum absolute atomic E-state index is 6.42. The second-order valence-electron chi connectivity index (χ2n) is 5.63. The van der Waals surface area contributed by atoms with E-state index < -0.39 is 0 Å². The first kappa shape index (κ1) is 14.9. The third-order valence-electron chi connectivity index (χ3n) is 4.43. The van der Waals surface area contributed by atoms with Gasteiger partial charge in [0.05, 0.1) is 0 Å². The van der Waals surface area contributed by atoms with E-state index in [9.17, 15) is 0 Å². The predicted molar refractivity (Wildman–Crippen MR) is 90.4 cm³/mol. The number of likely N-dealkylation sites (N-methyl/N-ethyl adjacent to an activating group) is 1. The van der Waals surface area contributed by atoms with Crippen molar-refractivity contribution in [3.63, 3.8) is 0 Å². The molecule has 0 saturated heterocycles. The molecule has 2 atom stereocenters. The summed E-state index contributed by atoms with van der Waals surface area (Å²) >= 11 is 12.5. The van der Waals surface area contributed by atoms with Crippen molar-refractivity contribution in [2.24, 2.45) is 0 Å². The Hall–Kier alpha value is -1.02. The molecule has 3 heteroatoms. The summed E-state index contributed by atoms with van der Waals surface area (Å²) in [6.07, 6.45) is 3.59. The first-order valence-electron chi connectivity index (χ1n) is 7.40. The maximum atomic E-state index is 6.42. The van der Waals surface area contributed by atoms with Crippen LogP contribution < -0.4 is 5.32 Å². The Bertz CT molecular complexity index is 639. The molecule has 0 spiro atoms. The van der Waals surface area contributed by atoms with Crippen molar-refractivity contribution in [3.8, 4) is 0 Å². The molecular formula is C18H19Cl2N. The molecule has 1 aliphatic rings. The van der Waals surface area contributed by atoms with Gasteiger partial charge < -0.3 is 5.32 Å². The molecule has 21 heavy (non-hydrogen) atoms. The van der Waals surface area contributed by atoms with Crippen LogP contribution in [0.3, 0.4) is 0 Å². The molecule has 0 amide bonds. The zero-order chi connectivity index (χ0) is 14.8. The van der Waals surface area contributed by atoms with Gasteiger partial charge >= 0.3 is 0 Å². The summed E-state index contributed by atoms with van der Waals surface area (Å²) in [5.74, 6) is 0.457. The van der Waals surface area contributed by atoms with Gasteiger partial charge in [0.2, 0.25) is 0 Å². The summed E-state index contributed by atoms with van der Waals surface area (Å²) in [5.41, 5.74) is 4.05. The molecule has 0 aromatic heterocycles. The van der Waals surface area contributed by atoms with Crippen LogP contribution in [0.5, 0.6) is 0 Å². The number of fused-ring (bicyclic) bond motifs is 1. The molecule has 0 aliphatic heterocycles. The SMILES string of the molecule is CNC(c1ccc(Cl)cc1Cl)C1CCCc2ccccc21. The van der Waals surface area contributed by atoms with E-state index in [0.717, 1.165) is 10.6 Å². The van der Waals surface area contributed by atoms with Crippen LogP contribution in [0.4, 0.5) is 0 Å². The van der Waals surface area contributed by atoms with Gasteiger partial charge in [0.1, 0.15) is 0 Å². The van der Waals surface area contributed by atoms with Crippen LogP contribution in [0.1, 0.15) is 41.5 Å². The molecule has 2 aromatic carbocycles. The fourth-order valence-corrected chi connectivity index (χ4v) is 3.99. The molecule has 0 fully saturated rings. The lowest BCUT2D eigenvalue weighted by Crippen LogP contribution is -2.27. The quantitative estimate of drug-likeness (QED) is 0.801. The highest BCUT2D eigenvalue weighted by molar-refractivity contribution is 6.35. The van der Waals surface area contributed by atoms with E-state index in [1.807, 2.05) is 25.2 Å². The normalized spacial score (nSPS) is 19.1. The Morgan fingerprint density at radius 1 is 1.14 bits per heavy atom. The van der Waals surface area contributed by atoms with Crippen LogP contribution in [0, 0.1) is 0 Å². The van der Waals surface area contributed by atoms with Gasteiger partial charge in [-0.2, -0.15) is 0 Å². The van der Waals surface area contributed by atoms with E-state index >= 15 is 0 Å². The number of aryl methyl sites for hydroxylation is 1. The highest BCUT2D eigenvalue weighted by atomic mass is 35.5. The van der Waals surface area contributed by atoms with Crippen molar-refractivity contribution < 1.29 is 0 Å². The minimum Gasteiger partial charge on any atom is -0.312 e. The molecule has 1 nitrogen and oxygen atoms in total. The average Bonchev–Trinajstić information content (AvgIpc) is 2.50. The van der Waals surface area contributed by atoms with Crippen molar-refractivity contribution in [1.29, 1.82) is 0 Å². The largest absolute Gasteiger partial charge is 0.312 e. The van der Waals surface area contributed by atoms with Gasteiger partial charge in [-0.3, -0.25) is 0 Å². The molecule has 1 N–H and O–H groups in total. The molecule has 0 bridgehead atoms. The third-order valence-corrected chi connectivity index (χ3v) is 4.99. The topological polar surface area (TPSA) is 12.0 Å². The molecule has 2 aromatic rings. The fraction of sp³-hybridized carbons (Fsp3) is 0.333. The second-order valence-corrected chi connectivity index (χ2v) is 6.47. The molecule has 3 rings (SSSR count). The number of rotatable bonds is 3. The Morgan fingerprint density at radius 2 is 1.95 bits per heavy atom. The van der Waals surface area contributed by atoms with Crippen molar-refractivity contribution in [1.82, 2.24) is 5.32 Å². The number of nitrogens with one attached hydrogen (secondary N) is 1. The van der Waals surface area contributed by atoms with Gasteiger partial charge in [-0.25, -0.2) is 0 Å². The smallest absolute Gasteiger partial charge is 0.0468 e. The lowest BCUT2D eigenvalue weighted by atomic mass is 9.77. The highest BCUT2D eigenvalue weighted by Crippen LogP contribution is 2.42. The maximum Gasteiger partial charge on any atom is 0.0468 e. The standard InChI is InChI=1S/C18H19Cl2N/c1-21-18(16-10-9-13(19)11-17(16)20)15-8-4-6-12-5-2-3-7-14(12)15/h2-3,5,7,9-11,15,18,21H,4,6,8H2,1H3. The molecule has 110 valence electrons. The summed E-state index contributed by atoms with van der Waals surface area (Å²) in [5, 5.41) is 4.89. The van der Waals surface area contributed by atoms with Crippen LogP contribution >= 0.6 is 23.2 Å². The van der Waals surface area contributed by atoms with Crippen LogP contribution in [0.15, 0.2) is 42.5 Å². The van der Waals surface area contributed by atoms with Gasteiger partial charge in [-0.1, -0.05) is 53.5 Å². The lowest BCUT2D eigenvalue weighted by molar-refractivity contribution is 0.425. The highest BCUT2D eigenvalue weighted by Gasteiger charge is 2.29. The number of hydrogen-bond acceptors (Lipinski definition) is 1. The Labute approximate surface area is 136 Å². The van der Waals surface area contributed by atoms with Crippen LogP contribution in [0.25, 0.3) is 0 Å². The summed E-state index contributed by atoms with van der Waals surface area (Å²) in [6.45, 7) is 0. The molecule has 2 unspecified atom stereocenters. The predicted octanol–water partition coefficient (Wildman–Crippen LogP) is 5.37. The average molecular weight is 320 g/mol. The minimum absolute atomic E-state index is 0.219. The van der Waals surface area contributed by atoms with Gasteiger partial charge in [0, 0.05) is 22.0 Å². The van der Waals surface area contributed by atoms with Gasteiger partial charge in [0.25, 0.3) is 0 Å². The minimum atomic E-state index is 0.219. The zero-order valence-electron chi connectivity index (χ0n) is 12.1. The fourth-order valence-electron chi connectivity index (χ4n) is 3.46. The number of hydrogen-bond donors (Lipinski definition) is 1. The summed E-state index contributed by atoms with van der Waals surface area (Å²) in [4.78, 5) is 0. The molecular weight excluding hydrogens is 301 g/mol. The Morgan fingerprint density at radius 3 is 2.71 bits per heavy atom. The molecule has 0 heterocycles. The molecule has 0 radical (unpaired) electrons. The van der Waals surface area contributed by atoms with Crippen molar-refractivity contribution in [2.75, 3.05) is 7.05 Å². The monoisotopic (exact) mass is 319 g/mol. The van der Waals surface area contributed by atoms with Gasteiger partial charge in [-0.15, -0.1) is 0 Å². The second kappa shape index (κ2) is 6.39. The van der Waals surface area contributed by atoms with Crippen LogP contribution in [-0.4, -0.2) is 7.05 Å².